The lowest BCUT2D eigenvalue weighted by atomic mass is 10.1. The molecule has 2 rings (SSSR count). The van der Waals surface area contributed by atoms with Crippen LogP contribution in [0.3, 0.4) is 0 Å². The highest BCUT2D eigenvalue weighted by Gasteiger charge is 2.11. The van der Waals surface area contributed by atoms with E-state index in [4.69, 9.17) is 5.73 Å². The Morgan fingerprint density at radius 2 is 1.86 bits per heavy atom. The fraction of sp³-hybridized carbons (Fsp3) is 0.188. The summed E-state index contributed by atoms with van der Waals surface area (Å²) in [5.74, 6) is -2.35. The van der Waals surface area contributed by atoms with Gasteiger partial charge in [-0.05, 0) is 30.7 Å². The van der Waals surface area contributed by atoms with Crippen LogP contribution < -0.4 is 11.1 Å². The molecule has 0 fully saturated rings. The predicted molar refractivity (Wildman–Crippen MR) is 77.7 cm³/mol. The molecule has 0 aliphatic rings. The molecule has 110 valence electrons. The van der Waals surface area contributed by atoms with Crippen molar-refractivity contribution in [3.63, 3.8) is 0 Å². The highest BCUT2D eigenvalue weighted by atomic mass is 19.2. The van der Waals surface area contributed by atoms with Crippen molar-refractivity contribution in [2.75, 3.05) is 5.32 Å². The number of nitrogens with two attached hydrogens (primary N) is 1. The molecule has 0 saturated carbocycles. The Morgan fingerprint density at radius 1 is 1.19 bits per heavy atom. The molecule has 0 aliphatic heterocycles. The van der Waals surface area contributed by atoms with Gasteiger partial charge in [0.25, 0.3) is 0 Å². The van der Waals surface area contributed by atoms with E-state index in [9.17, 15) is 13.6 Å². The molecule has 2 aromatic rings. The quantitative estimate of drug-likeness (QED) is 0.908. The zero-order valence-electron chi connectivity index (χ0n) is 11.6. The smallest absolute Gasteiger partial charge is 0.228 e. The standard InChI is InChI=1S/C16H16F2N2O/c1-10(19)11-5-7-13(8-6-11)20-15(21)9-12-3-2-4-14(17)16(12)18/h2-8,10H,9,19H2,1H3,(H,20,21). The number of anilines is 1. The van der Waals surface area contributed by atoms with E-state index in [1.807, 2.05) is 19.1 Å². The van der Waals surface area contributed by atoms with E-state index in [1.54, 1.807) is 12.1 Å². The van der Waals surface area contributed by atoms with Crippen LogP contribution in [0.4, 0.5) is 14.5 Å². The fourth-order valence-electron chi connectivity index (χ4n) is 1.93. The summed E-state index contributed by atoms with van der Waals surface area (Å²) < 4.78 is 26.5. The van der Waals surface area contributed by atoms with Gasteiger partial charge < -0.3 is 11.1 Å². The Bertz CT molecular complexity index is 639. The maximum absolute atomic E-state index is 13.5. The lowest BCUT2D eigenvalue weighted by molar-refractivity contribution is -0.115. The summed E-state index contributed by atoms with van der Waals surface area (Å²) in [6, 6.07) is 10.7. The van der Waals surface area contributed by atoms with E-state index < -0.39 is 17.5 Å². The number of amides is 1. The third kappa shape index (κ3) is 3.86. The first-order valence-electron chi connectivity index (χ1n) is 6.55. The van der Waals surface area contributed by atoms with Crippen LogP contribution in [0.2, 0.25) is 0 Å². The highest BCUT2D eigenvalue weighted by molar-refractivity contribution is 5.92. The van der Waals surface area contributed by atoms with Gasteiger partial charge in [0, 0.05) is 17.3 Å². The second-order valence-corrected chi connectivity index (χ2v) is 4.85. The van der Waals surface area contributed by atoms with E-state index >= 15 is 0 Å². The summed E-state index contributed by atoms with van der Waals surface area (Å²) in [7, 11) is 0. The highest BCUT2D eigenvalue weighted by Crippen LogP contribution is 2.16. The van der Waals surface area contributed by atoms with Crippen LogP contribution in [0.1, 0.15) is 24.1 Å². The number of carbonyl (C=O) groups is 1. The number of halogens is 2. The molecule has 0 saturated heterocycles. The van der Waals surface area contributed by atoms with Crippen molar-refractivity contribution in [2.45, 2.75) is 19.4 Å². The molecule has 5 heteroatoms. The van der Waals surface area contributed by atoms with Gasteiger partial charge in [-0.25, -0.2) is 8.78 Å². The molecule has 0 aromatic heterocycles. The minimum atomic E-state index is -0.986. The van der Waals surface area contributed by atoms with Crippen molar-refractivity contribution in [2.24, 2.45) is 5.73 Å². The van der Waals surface area contributed by atoms with Gasteiger partial charge in [0.1, 0.15) is 0 Å². The topological polar surface area (TPSA) is 55.1 Å². The van der Waals surface area contributed by atoms with Crippen molar-refractivity contribution < 1.29 is 13.6 Å². The summed E-state index contributed by atoms with van der Waals surface area (Å²) in [4.78, 5) is 11.8. The summed E-state index contributed by atoms with van der Waals surface area (Å²) in [6.45, 7) is 1.86. The lowest BCUT2D eigenvalue weighted by Crippen LogP contribution is -2.15. The van der Waals surface area contributed by atoms with Gasteiger partial charge in [0.2, 0.25) is 5.91 Å². The molecule has 0 heterocycles. The summed E-state index contributed by atoms with van der Waals surface area (Å²) in [5, 5.41) is 2.63. The van der Waals surface area contributed by atoms with Crippen molar-refractivity contribution in [1.29, 1.82) is 0 Å². The van der Waals surface area contributed by atoms with E-state index in [2.05, 4.69) is 5.32 Å². The molecule has 1 unspecified atom stereocenters. The van der Waals surface area contributed by atoms with Crippen LogP contribution in [0, 0.1) is 11.6 Å². The van der Waals surface area contributed by atoms with Crippen molar-refractivity contribution in [3.05, 3.63) is 65.2 Å². The molecular weight excluding hydrogens is 274 g/mol. The van der Waals surface area contributed by atoms with E-state index in [1.165, 1.54) is 12.1 Å². The molecule has 3 N–H and O–H groups in total. The third-order valence-corrected chi connectivity index (χ3v) is 3.10. The second kappa shape index (κ2) is 6.45. The Labute approximate surface area is 121 Å². The first-order valence-corrected chi connectivity index (χ1v) is 6.55. The molecular formula is C16H16F2N2O. The number of benzene rings is 2. The molecule has 2 aromatic carbocycles. The minimum Gasteiger partial charge on any atom is -0.326 e. The fourth-order valence-corrected chi connectivity index (χ4v) is 1.93. The first kappa shape index (κ1) is 15.1. The summed E-state index contributed by atoms with van der Waals surface area (Å²) >= 11 is 0. The maximum Gasteiger partial charge on any atom is 0.228 e. The SMILES string of the molecule is CC(N)c1ccc(NC(=O)Cc2cccc(F)c2F)cc1. The average Bonchev–Trinajstić information content (AvgIpc) is 2.44. The zero-order valence-corrected chi connectivity index (χ0v) is 11.6. The zero-order chi connectivity index (χ0) is 15.4. The largest absolute Gasteiger partial charge is 0.326 e. The Balaban J connectivity index is 2.03. The van der Waals surface area contributed by atoms with Gasteiger partial charge in [-0.15, -0.1) is 0 Å². The van der Waals surface area contributed by atoms with Gasteiger partial charge in [-0.2, -0.15) is 0 Å². The number of carbonyl (C=O) groups excluding carboxylic acids is 1. The van der Waals surface area contributed by atoms with Gasteiger partial charge in [-0.1, -0.05) is 24.3 Å². The monoisotopic (exact) mass is 290 g/mol. The van der Waals surface area contributed by atoms with Crippen molar-refractivity contribution in [1.82, 2.24) is 0 Å². The molecule has 1 amide bonds. The second-order valence-electron chi connectivity index (χ2n) is 4.85. The van der Waals surface area contributed by atoms with Gasteiger partial charge in [0.05, 0.1) is 6.42 Å². The maximum atomic E-state index is 13.5. The molecule has 0 bridgehead atoms. The minimum absolute atomic E-state index is 0.0275. The number of nitrogens with one attached hydrogen (secondary N) is 1. The summed E-state index contributed by atoms with van der Waals surface area (Å²) in [5.41, 5.74) is 7.29. The molecule has 1 atom stereocenters. The molecule has 0 spiro atoms. The van der Waals surface area contributed by atoms with Crippen LogP contribution >= 0.6 is 0 Å². The van der Waals surface area contributed by atoms with Gasteiger partial charge >= 0.3 is 0 Å². The molecule has 0 radical (unpaired) electrons. The van der Waals surface area contributed by atoms with Gasteiger partial charge in [0.15, 0.2) is 11.6 Å². The van der Waals surface area contributed by atoms with Crippen LogP contribution in [0.5, 0.6) is 0 Å². The molecule has 0 aliphatic carbocycles. The number of hydrogen-bond donors (Lipinski definition) is 2. The third-order valence-electron chi connectivity index (χ3n) is 3.10. The van der Waals surface area contributed by atoms with E-state index in [-0.39, 0.29) is 18.0 Å². The first-order chi connectivity index (χ1) is 9.97. The van der Waals surface area contributed by atoms with Crippen LogP contribution in [0.25, 0.3) is 0 Å². The van der Waals surface area contributed by atoms with Crippen LogP contribution in [-0.4, -0.2) is 5.91 Å². The van der Waals surface area contributed by atoms with Crippen molar-refractivity contribution in [3.8, 4) is 0 Å². The van der Waals surface area contributed by atoms with Crippen molar-refractivity contribution >= 4 is 11.6 Å². The van der Waals surface area contributed by atoms with Crippen LogP contribution in [0.15, 0.2) is 42.5 Å². The Morgan fingerprint density at radius 3 is 2.48 bits per heavy atom. The summed E-state index contributed by atoms with van der Waals surface area (Å²) in [6.07, 6.45) is -0.224. The predicted octanol–water partition coefficient (Wildman–Crippen LogP) is 3.17. The normalized spacial score (nSPS) is 12.0. The van der Waals surface area contributed by atoms with E-state index in [0.717, 1.165) is 11.6 Å². The van der Waals surface area contributed by atoms with E-state index in [0.29, 0.717) is 5.69 Å². The Kier molecular flexibility index (Phi) is 4.65. The lowest BCUT2D eigenvalue weighted by Gasteiger charge is -2.09. The number of rotatable bonds is 4. The average molecular weight is 290 g/mol. The van der Waals surface area contributed by atoms with Gasteiger partial charge in [-0.3, -0.25) is 4.79 Å². The molecule has 21 heavy (non-hydrogen) atoms. The molecule has 3 nitrogen and oxygen atoms in total. The van der Waals surface area contributed by atoms with Crippen LogP contribution in [-0.2, 0) is 11.2 Å². The Hall–Kier alpha value is -2.27. The number of hydrogen-bond acceptors (Lipinski definition) is 2.